The summed E-state index contributed by atoms with van der Waals surface area (Å²) < 4.78 is 5.36. The summed E-state index contributed by atoms with van der Waals surface area (Å²) in [5.74, 6) is -0.784. The molecule has 6 nitrogen and oxygen atoms in total. The van der Waals surface area contributed by atoms with Crippen molar-refractivity contribution < 1.29 is 19.4 Å². The summed E-state index contributed by atoms with van der Waals surface area (Å²) in [7, 11) is 0. The van der Waals surface area contributed by atoms with Crippen molar-refractivity contribution in [3.05, 3.63) is 0 Å². The Bertz CT molecular complexity index is 394. The van der Waals surface area contributed by atoms with Crippen LogP contribution in [0.25, 0.3) is 0 Å². The lowest BCUT2D eigenvalue weighted by atomic mass is 9.72. The molecular weight excluding hydrogens is 260 g/mol. The molecule has 6 heteroatoms. The summed E-state index contributed by atoms with van der Waals surface area (Å²) in [6.07, 6.45) is 2.00. The Morgan fingerprint density at radius 2 is 1.85 bits per heavy atom. The van der Waals surface area contributed by atoms with Crippen LogP contribution in [0.3, 0.4) is 0 Å². The maximum Gasteiger partial charge on any atom is 0.410 e. The first-order valence-electron chi connectivity index (χ1n) is 7.18. The Labute approximate surface area is 119 Å². The van der Waals surface area contributed by atoms with Gasteiger partial charge in [0.2, 0.25) is 0 Å². The highest BCUT2D eigenvalue weighted by molar-refractivity contribution is 5.75. The zero-order valence-corrected chi connectivity index (χ0v) is 12.4. The molecule has 0 aliphatic carbocycles. The van der Waals surface area contributed by atoms with Gasteiger partial charge in [0.1, 0.15) is 11.6 Å². The van der Waals surface area contributed by atoms with Gasteiger partial charge < -0.3 is 20.1 Å². The van der Waals surface area contributed by atoms with Crippen LogP contribution in [0.5, 0.6) is 0 Å². The lowest BCUT2D eigenvalue weighted by molar-refractivity contribution is -0.142. The van der Waals surface area contributed by atoms with Gasteiger partial charge in [0.15, 0.2) is 0 Å². The average molecular weight is 284 g/mol. The van der Waals surface area contributed by atoms with Crippen LogP contribution in [0, 0.1) is 5.41 Å². The second kappa shape index (κ2) is 5.24. The number of rotatable bonds is 1. The van der Waals surface area contributed by atoms with Crippen LogP contribution in [-0.2, 0) is 9.53 Å². The molecule has 2 heterocycles. The largest absolute Gasteiger partial charge is 0.480 e. The van der Waals surface area contributed by atoms with Crippen molar-refractivity contribution in [1.29, 1.82) is 0 Å². The highest BCUT2D eigenvalue weighted by atomic mass is 16.6. The molecule has 0 bridgehead atoms. The zero-order chi connectivity index (χ0) is 15.0. The third-order valence-corrected chi connectivity index (χ3v) is 4.24. The standard InChI is InChI=1S/C14H24N2O4/c1-13(2,3)20-12(19)16-8-5-14(6-9-16)4-7-15-10(14)11(17)18/h10,15H,4-9H2,1-3H3,(H,17,18). The predicted molar refractivity (Wildman–Crippen MR) is 73.5 cm³/mol. The van der Waals surface area contributed by atoms with E-state index in [1.54, 1.807) is 4.90 Å². The van der Waals surface area contributed by atoms with Gasteiger partial charge in [0.25, 0.3) is 0 Å². The van der Waals surface area contributed by atoms with Crippen molar-refractivity contribution >= 4 is 12.1 Å². The van der Waals surface area contributed by atoms with Crippen molar-refractivity contribution in [2.24, 2.45) is 5.41 Å². The molecule has 2 aliphatic rings. The second-order valence-corrected chi connectivity index (χ2v) is 6.81. The minimum absolute atomic E-state index is 0.204. The minimum Gasteiger partial charge on any atom is -0.480 e. The Kier molecular flexibility index (Phi) is 3.95. The molecule has 0 saturated carbocycles. The van der Waals surface area contributed by atoms with Gasteiger partial charge in [0.05, 0.1) is 0 Å². The number of aliphatic carboxylic acids is 1. The molecular formula is C14H24N2O4. The second-order valence-electron chi connectivity index (χ2n) is 6.81. The van der Waals surface area contributed by atoms with Crippen molar-refractivity contribution in [3.8, 4) is 0 Å². The van der Waals surface area contributed by atoms with E-state index in [1.807, 2.05) is 20.8 Å². The Balaban J connectivity index is 1.95. The number of likely N-dealkylation sites (tertiary alicyclic amines) is 1. The number of carbonyl (C=O) groups is 2. The van der Waals surface area contributed by atoms with E-state index in [-0.39, 0.29) is 11.5 Å². The molecule has 114 valence electrons. The van der Waals surface area contributed by atoms with E-state index in [0.717, 1.165) is 25.8 Å². The fourth-order valence-corrected chi connectivity index (χ4v) is 3.18. The monoisotopic (exact) mass is 284 g/mol. The van der Waals surface area contributed by atoms with E-state index < -0.39 is 17.6 Å². The van der Waals surface area contributed by atoms with Gasteiger partial charge in [-0.2, -0.15) is 0 Å². The molecule has 0 aromatic carbocycles. The Hall–Kier alpha value is -1.30. The molecule has 2 aliphatic heterocycles. The van der Waals surface area contributed by atoms with Gasteiger partial charge in [-0.05, 0) is 46.6 Å². The van der Waals surface area contributed by atoms with Crippen molar-refractivity contribution in [3.63, 3.8) is 0 Å². The number of amides is 1. The first-order valence-corrected chi connectivity index (χ1v) is 7.18. The number of hydrogen-bond acceptors (Lipinski definition) is 4. The van der Waals surface area contributed by atoms with Crippen LogP contribution in [0.1, 0.15) is 40.0 Å². The number of nitrogens with zero attached hydrogens (tertiary/aromatic N) is 1. The molecule has 2 N–H and O–H groups in total. The van der Waals surface area contributed by atoms with Gasteiger partial charge in [0, 0.05) is 18.5 Å². The van der Waals surface area contributed by atoms with Gasteiger partial charge >= 0.3 is 12.1 Å². The number of nitrogens with one attached hydrogen (secondary N) is 1. The number of hydrogen-bond donors (Lipinski definition) is 2. The summed E-state index contributed by atoms with van der Waals surface area (Å²) in [6, 6.07) is -0.483. The van der Waals surface area contributed by atoms with Gasteiger partial charge in [-0.25, -0.2) is 4.79 Å². The molecule has 0 radical (unpaired) electrons. The third-order valence-electron chi connectivity index (χ3n) is 4.24. The molecule has 1 unspecified atom stereocenters. The molecule has 1 amide bonds. The van der Waals surface area contributed by atoms with E-state index in [2.05, 4.69) is 5.32 Å². The molecule has 1 atom stereocenters. The summed E-state index contributed by atoms with van der Waals surface area (Å²) in [5.41, 5.74) is -0.699. The SMILES string of the molecule is CC(C)(C)OC(=O)N1CCC2(CCNC2C(=O)O)CC1. The van der Waals surface area contributed by atoms with E-state index in [9.17, 15) is 14.7 Å². The minimum atomic E-state index is -0.784. The van der Waals surface area contributed by atoms with Crippen LogP contribution in [0.4, 0.5) is 4.79 Å². The molecule has 20 heavy (non-hydrogen) atoms. The van der Waals surface area contributed by atoms with Crippen LogP contribution in [0.15, 0.2) is 0 Å². The summed E-state index contributed by atoms with van der Waals surface area (Å²) in [4.78, 5) is 25.0. The summed E-state index contributed by atoms with van der Waals surface area (Å²) in [6.45, 7) is 7.41. The van der Waals surface area contributed by atoms with Gasteiger partial charge in [-0.15, -0.1) is 0 Å². The molecule has 0 aromatic heterocycles. The highest BCUT2D eigenvalue weighted by Gasteiger charge is 2.49. The lowest BCUT2D eigenvalue weighted by Gasteiger charge is -2.41. The first kappa shape index (κ1) is 15.1. The lowest BCUT2D eigenvalue weighted by Crippen LogP contribution is -2.51. The fraction of sp³-hybridized carbons (Fsp3) is 0.857. The molecule has 0 aromatic rings. The van der Waals surface area contributed by atoms with E-state index in [4.69, 9.17) is 4.74 Å². The van der Waals surface area contributed by atoms with Crippen LogP contribution >= 0.6 is 0 Å². The first-order chi connectivity index (χ1) is 9.23. The van der Waals surface area contributed by atoms with Crippen molar-refractivity contribution in [2.75, 3.05) is 19.6 Å². The molecule has 2 fully saturated rings. The fourth-order valence-electron chi connectivity index (χ4n) is 3.18. The molecule has 2 saturated heterocycles. The highest BCUT2D eigenvalue weighted by Crippen LogP contribution is 2.41. The van der Waals surface area contributed by atoms with E-state index >= 15 is 0 Å². The van der Waals surface area contributed by atoms with E-state index in [0.29, 0.717) is 13.1 Å². The summed E-state index contributed by atoms with van der Waals surface area (Å²) >= 11 is 0. The smallest absolute Gasteiger partial charge is 0.410 e. The topological polar surface area (TPSA) is 78.9 Å². The number of carboxylic acids is 1. The van der Waals surface area contributed by atoms with E-state index in [1.165, 1.54) is 0 Å². The third kappa shape index (κ3) is 3.06. The average Bonchev–Trinajstić information content (AvgIpc) is 2.71. The maximum atomic E-state index is 12.0. The predicted octanol–water partition coefficient (Wildman–Crippen LogP) is 1.45. The zero-order valence-electron chi connectivity index (χ0n) is 12.4. The normalized spacial score (nSPS) is 25.8. The summed E-state index contributed by atoms with van der Waals surface area (Å²) in [5, 5.41) is 12.4. The van der Waals surface area contributed by atoms with Gasteiger partial charge in [-0.1, -0.05) is 0 Å². The molecule has 2 rings (SSSR count). The number of carbonyl (C=O) groups excluding carboxylic acids is 1. The number of ether oxygens (including phenoxy) is 1. The quantitative estimate of drug-likeness (QED) is 0.762. The van der Waals surface area contributed by atoms with Crippen LogP contribution in [0.2, 0.25) is 0 Å². The molecule has 1 spiro atoms. The van der Waals surface area contributed by atoms with Crippen molar-refractivity contribution in [2.45, 2.75) is 51.7 Å². The number of carboxylic acid groups (broad SMARTS) is 1. The number of piperidine rings is 1. The maximum absolute atomic E-state index is 12.0. The van der Waals surface area contributed by atoms with Crippen LogP contribution < -0.4 is 5.32 Å². The van der Waals surface area contributed by atoms with Crippen LogP contribution in [-0.4, -0.2) is 53.3 Å². The van der Waals surface area contributed by atoms with Gasteiger partial charge in [-0.3, -0.25) is 4.79 Å². The van der Waals surface area contributed by atoms with Crippen molar-refractivity contribution in [1.82, 2.24) is 10.2 Å². The Morgan fingerprint density at radius 3 is 2.35 bits per heavy atom. The Morgan fingerprint density at radius 1 is 1.25 bits per heavy atom.